The largest absolute Gasteiger partial charge is 0.444 e. The van der Waals surface area contributed by atoms with E-state index in [2.05, 4.69) is 5.32 Å². The Labute approximate surface area is 102 Å². The topological polar surface area (TPSA) is 61.8 Å². The van der Waals surface area contributed by atoms with Crippen LogP contribution in [0.4, 0.5) is 4.79 Å². The van der Waals surface area contributed by atoms with Crippen LogP contribution in [0, 0.1) is 0 Å². The zero-order valence-corrected chi connectivity index (χ0v) is 10.8. The molecule has 0 radical (unpaired) electrons. The predicted octanol–water partition coefficient (Wildman–Crippen LogP) is 0.720. The molecule has 0 unspecified atom stereocenters. The molecular weight excluding hydrogens is 220 g/mol. The van der Waals surface area contributed by atoms with Crippen molar-refractivity contribution in [1.82, 2.24) is 10.2 Å². The van der Waals surface area contributed by atoms with Crippen LogP contribution in [0.5, 0.6) is 0 Å². The van der Waals surface area contributed by atoms with Crippen LogP contribution >= 0.6 is 0 Å². The van der Waals surface area contributed by atoms with Gasteiger partial charge in [0.15, 0.2) is 0 Å². The molecule has 98 valence electrons. The zero-order chi connectivity index (χ0) is 12.7. The van der Waals surface area contributed by atoms with Crippen LogP contribution in [0.2, 0.25) is 0 Å². The van der Waals surface area contributed by atoms with E-state index in [4.69, 9.17) is 4.74 Å². The molecule has 2 aliphatic rings. The third-order valence-corrected chi connectivity index (χ3v) is 3.25. The molecule has 0 aromatic carbocycles. The highest BCUT2D eigenvalue weighted by Crippen LogP contribution is 2.41. The van der Waals surface area contributed by atoms with Crippen molar-refractivity contribution in [3.8, 4) is 0 Å². The number of carbonyl (C=O) groups excluding carboxylic acids is 1. The molecule has 17 heavy (non-hydrogen) atoms. The maximum atomic E-state index is 12.1. The minimum Gasteiger partial charge on any atom is -0.444 e. The van der Waals surface area contributed by atoms with Crippen LogP contribution in [0.3, 0.4) is 0 Å². The lowest BCUT2D eigenvalue weighted by Gasteiger charge is -2.39. The van der Waals surface area contributed by atoms with Crippen molar-refractivity contribution < 1.29 is 14.6 Å². The van der Waals surface area contributed by atoms with Gasteiger partial charge in [-0.15, -0.1) is 0 Å². The SMILES string of the molecule is CC(C)(C)OC(=O)N1CCNC[C@@H]1C1(O)CC1. The van der Waals surface area contributed by atoms with Crippen LogP contribution in [-0.4, -0.2) is 53.0 Å². The first kappa shape index (κ1) is 12.6. The Morgan fingerprint density at radius 1 is 1.47 bits per heavy atom. The Balaban J connectivity index is 2.03. The molecule has 1 aliphatic carbocycles. The average Bonchev–Trinajstić information content (AvgIpc) is 2.95. The van der Waals surface area contributed by atoms with Crippen molar-refractivity contribution in [3.05, 3.63) is 0 Å². The smallest absolute Gasteiger partial charge is 0.410 e. The summed E-state index contributed by atoms with van der Waals surface area (Å²) in [6.45, 7) is 7.57. The molecule has 0 aromatic rings. The Morgan fingerprint density at radius 2 is 2.12 bits per heavy atom. The number of rotatable bonds is 1. The van der Waals surface area contributed by atoms with Gasteiger partial charge in [-0.3, -0.25) is 4.90 Å². The van der Waals surface area contributed by atoms with Gasteiger partial charge in [0.25, 0.3) is 0 Å². The lowest BCUT2D eigenvalue weighted by atomic mass is 10.1. The minimum absolute atomic E-state index is 0.147. The highest BCUT2D eigenvalue weighted by molar-refractivity contribution is 5.69. The summed E-state index contributed by atoms with van der Waals surface area (Å²) in [6.07, 6.45) is 1.24. The van der Waals surface area contributed by atoms with E-state index in [-0.39, 0.29) is 12.1 Å². The Hall–Kier alpha value is -0.810. The fraction of sp³-hybridized carbons (Fsp3) is 0.917. The van der Waals surface area contributed by atoms with Gasteiger partial charge in [0, 0.05) is 19.6 Å². The van der Waals surface area contributed by atoms with Gasteiger partial charge >= 0.3 is 6.09 Å². The fourth-order valence-corrected chi connectivity index (χ4v) is 2.18. The predicted molar refractivity (Wildman–Crippen MR) is 63.8 cm³/mol. The number of aliphatic hydroxyl groups is 1. The number of hydrogen-bond acceptors (Lipinski definition) is 4. The lowest BCUT2D eigenvalue weighted by molar-refractivity contribution is -0.0198. The van der Waals surface area contributed by atoms with Gasteiger partial charge in [0.2, 0.25) is 0 Å². The molecule has 0 spiro atoms. The van der Waals surface area contributed by atoms with E-state index in [0.717, 1.165) is 19.4 Å². The number of amides is 1. The summed E-state index contributed by atoms with van der Waals surface area (Å²) in [5.41, 5.74) is -1.18. The van der Waals surface area contributed by atoms with E-state index in [0.29, 0.717) is 13.1 Å². The van der Waals surface area contributed by atoms with Crippen molar-refractivity contribution in [3.63, 3.8) is 0 Å². The summed E-state index contributed by atoms with van der Waals surface area (Å²) in [5.74, 6) is 0. The van der Waals surface area contributed by atoms with Crippen molar-refractivity contribution in [1.29, 1.82) is 0 Å². The molecule has 1 saturated heterocycles. The van der Waals surface area contributed by atoms with Gasteiger partial charge in [-0.05, 0) is 33.6 Å². The Bertz CT molecular complexity index is 307. The normalized spacial score (nSPS) is 27.8. The second-order valence-corrected chi connectivity index (χ2v) is 6.00. The Kier molecular flexibility index (Phi) is 3.08. The fourth-order valence-electron chi connectivity index (χ4n) is 2.18. The van der Waals surface area contributed by atoms with E-state index in [9.17, 15) is 9.90 Å². The standard InChI is InChI=1S/C12H22N2O3/c1-11(2,3)17-10(15)14-7-6-13-8-9(14)12(16)4-5-12/h9,13,16H,4-8H2,1-3H3/t9-/m1/s1. The maximum Gasteiger partial charge on any atom is 0.410 e. The number of piperazine rings is 1. The molecule has 0 aromatic heterocycles. The lowest BCUT2D eigenvalue weighted by Crippen LogP contribution is -2.60. The van der Waals surface area contributed by atoms with E-state index in [1.807, 2.05) is 20.8 Å². The summed E-state index contributed by atoms with van der Waals surface area (Å²) in [6, 6.07) is -0.147. The molecule has 1 atom stereocenters. The van der Waals surface area contributed by atoms with Crippen molar-refractivity contribution >= 4 is 6.09 Å². The molecule has 2 rings (SSSR count). The van der Waals surface area contributed by atoms with Gasteiger partial charge < -0.3 is 15.2 Å². The van der Waals surface area contributed by atoms with E-state index in [1.54, 1.807) is 4.90 Å². The van der Waals surface area contributed by atoms with E-state index < -0.39 is 11.2 Å². The van der Waals surface area contributed by atoms with Crippen molar-refractivity contribution in [2.75, 3.05) is 19.6 Å². The molecule has 1 heterocycles. The monoisotopic (exact) mass is 242 g/mol. The molecule has 2 N–H and O–H groups in total. The highest BCUT2D eigenvalue weighted by atomic mass is 16.6. The van der Waals surface area contributed by atoms with Crippen LogP contribution in [-0.2, 0) is 4.74 Å². The number of carbonyl (C=O) groups is 1. The molecule has 2 fully saturated rings. The van der Waals surface area contributed by atoms with Crippen molar-refractivity contribution in [2.24, 2.45) is 0 Å². The van der Waals surface area contributed by atoms with E-state index >= 15 is 0 Å². The summed E-state index contributed by atoms with van der Waals surface area (Å²) in [7, 11) is 0. The molecule has 1 saturated carbocycles. The number of nitrogens with one attached hydrogen (secondary N) is 1. The average molecular weight is 242 g/mol. The zero-order valence-electron chi connectivity index (χ0n) is 10.8. The van der Waals surface area contributed by atoms with Gasteiger partial charge in [0.05, 0.1) is 11.6 Å². The minimum atomic E-state index is -0.690. The second-order valence-electron chi connectivity index (χ2n) is 6.00. The maximum absolute atomic E-state index is 12.1. The first-order valence-corrected chi connectivity index (χ1v) is 6.25. The van der Waals surface area contributed by atoms with Crippen LogP contribution in [0.15, 0.2) is 0 Å². The van der Waals surface area contributed by atoms with Gasteiger partial charge in [-0.25, -0.2) is 4.79 Å². The summed E-state index contributed by atoms with van der Waals surface area (Å²) in [4.78, 5) is 13.7. The third-order valence-electron chi connectivity index (χ3n) is 3.25. The summed E-state index contributed by atoms with van der Waals surface area (Å²) in [5, 5.41) is 13.4. The number of nitrogens with zero attached hydrogens (tertiary/aromatic N) is 1. The molecule has 1 amide bonds. The molecular formula is C12H22N2O3. The van der Waals surface area contributed by atoms with Gasteiger partial charge in [0.1, 0.15) is 5.60 Å². The quantitative estimate of drug-likeness (QED) is 0.711. The van der Waals surface area contributed by atoms with Crippen LogP contribution < -0.4 is 5.32 Å². The van der Waals surface area contributed by atoms with Gasteiger partial charge in [-0.2, -0.15) is 0 Å². The Morgan fingerprint density at radius 3 is 2.65 bits per heavy atom. The first-order chi connectivity index (χ1) is 7.82. The molecule has 5 heteroatoms. The third kappa shape index (κ3) is 2.90. The summed E-state index contributed by atoms with van der Waals surface area (Å²) >= 11 is 0. The number of ether oxygens (including phenoxy) is 1. The van der Waals surface area contributed by atoms with E-state index in [1.165, 1.54) is 0 Å². The molecule has 1 aliphatic heterocycles. The molecule has 5 nitrogen and oxygen atoms in total. The second kappa shape index (κ2) is 4.14. The van der Waals surface area contributed by atoms with Crippen LogP contribution in [0.1, 0.15) is 33.6 Å². The van der Waals surface area contributed by atoms with Gasteiger partial charge in [-0.1, -0.05) is 0 Å². The highest BCUT2D eigenvalue weighted by Gasteiger charge is 2.52. The first-order valence-electron chi connectivity index (χ1n) is 6.25. The van der Waals surface area contributed by atoms with Crippen molar-refractivity contribution in [2.45, 2.75) is 50.9 Å². The number of hydrogen-bond donors (Lipinski definition) is 2. The summed E-state index contributed by atoms with van der Waals surface area (Å²) < 4.78 is 5.38. The van der Waals surface area contributed by atoms with Crippen LogP contribution in [0.25, 0.3) is 0 Å². The molecule has 0 bridgehead atoms.